The van der Waals surface area contributed by atoms with Gasteiger partial charge in [-0.15, -0.1) is 0 Å². The monoisotopic (exact) mass is 305 g/mol. The molecule has 0 aliphatic carbocycles. The van der Waals surface area contributed by atoms with Crippen molar-refractivity contribution in [1.82, 2.24) is 10.3 Å². The van der Waals surface area contributed by atoms with Crippen LogP contribution in [-0.2, 0) is 0 Å². The molecule has 2 heterocycles. The van der Waals surface area contributed by atoms with E-state index in [9.17, 15) is 9.90 Å². The van der Waals surface area contributed by atoms with E-state index in [-0.39, 0.29) is 11.8 Å². The highest BCUT2D eigenvalue weighted by Crippen LogP contribution is 2.17. The fourth-order valence-electron chi connectivity index (χ4n) is 2.95. The molecule has 2 N–H and O–H groups in total. The third-order valence-electron chi connectivity index (χ3n) is 4.50. The van der Waals surface area contributed by atoms with Gasteiger partial charge in [0.1, 0.15) is 5.82 Å². The summed E-state index contributed by atoms with van der Waals surface area (Å²) in [7, 11) is 0. The average Bonchev–Trinajstić information content (AvgIpc) is 3.08. The van der Waals surface area contributed by atoms with E-state index in [0.29, 0.717) is 12.1 Å². The van der Waals surface area contributed by atoms with E-state index in [1.54, 1.807) is 12.3 Å². The predicted molar refractivity (Wildman–Crippen MR) is 88.1 cm³/mol. The van der Waals surface area contributed by atoms with Crippen LogP contribution in [0, 0.1) is 5.92 Å². The molecule has 0 aromatic carbocycles. The molecule has 0 radical (unpaired) electrons. The van der Waals surface area contributed by atoms with E-state index in [4.69, 9.17) is 0 Å². The Morgan fingerprint density at radius 2 is 2.00 bits per heavy atom. The second-order valence-electron chi connectivity index (χ2n) is 5.95. The summed E-state index contributed by atoms with van der Waals surface area (Å²) < 4.78 is 0. The van der Waals surface area contributed by atoms with Crippen LogP contribution in [0.3, 0.4) is 0 Å². The van der Waals surface area contributed by atoms with Crippen molar-refractivity contribution in [3.63, 3.8) is 0 Å². The van der Waals surface area contributed by atoms with Gasteiger partial charge in [-0.2, -0.15) is 0 Å². The first-order valence-electron chi connectivity index (χ1n) is 8.33. The number of hydrogen-bond acceptors (Lipinski definition) is 4. The number of carbonyl (C=O) groups is 1. The van der Waals surface area contributed by atoms with Gasteiger partial charge in [0.05, 0.1) is 11.7 Å². The summed E-state index contributed by atoms with van der Waals surface area (Å²) in [5.74, 6) is 0.993. The molecule has 0 spiro atoms. The second-order valence-corrected chi connectivity index (χ2v) is 5.95. The zero-order valence-corrected chi connectivity index (χ0v) is 13.6. The number of carbonyl (C=O) groups excluding carboxylic acids is 1. The lowest BCUT2D eigenvalue weighted by molar-refractivity contribution is 0.0816. The maximum atomic E-state index is 12.1. The fourth-order valence-corrected chi connectivity index (χ4v) is 2.95. The number of anilines is 1. The molecular formula is C17H27N3O2. The number of aromatic nitrogens is 1. The quantitative estimate of drug-likeness (QED) is 0.810. The Hall–Kier alpha value is -1.62. The maximum Gasteiger partial charge on any atom is 0.252 e. The molecule has 1 aliphatic heterocycles. The molecule has 1 aliphatic rings. The van der Waals surface area contributed by atoms with Crippen LogP contribution in [0.15, 0.2) is 18.3 Å². The summed E-state index contributed by atoms with van der Waals surface area (Å²) in [5, 5.41) is 12.8. The Morgan fingerprint density at radius 3 is 2.55 bits per heavy atom. The molecule has 1 amide bonds. The van der Waals surface area contributed by atoms with Crippen molar-refractivity contribution >= 4 is 11.7 Å². The Kier molecular flexibility index (Phi) is 6.19. The van der Waals surface area contributed by atoms with Gasteiger partial charge in [0, 0.05) is 25.8 Å². The van der Waals surface area contributed by atoms with Crippen LogP contribution in [0.5, 0.6) is 0 Å². The highest BCUT2D eigenvalue weighted by molar-refractivity contribution is 5.94. The average molecular weight is 305 g/mol. The summed E-state index contributed by atoms with van der Waals surface area (Å²) in [6.45, 7) is 6.49. The van der Waals surface area contributed by atoms with E-state index in [1.165, 1.54) is 12.8 Å². The zero-order chi connectivity index (χ0) is 15.9. The summed E-state index contributed by atoms with van der Waals surface area (Å²) in [4.78, 5) is 18.7. The lowest BCUT2D eigenvalue weighted by Crippen LogP contribution is -2.36. The molecule has 1 fully saturated rings. The first-order chi connectivity index (χ1) is 10.7. The Bertz CT molecular complexity index is 465. The van der Waals surface area contributed by atoms with E-state index >= 15 is 0 Å². The molecule has 5 nitrogen and oxygen atoms in total. The SMILES string of the molecule is CCC(CC)C(O)CNC(=O)c1ccc(N2CCCC2)nc1. The summed E-state index contributed by atoms with van der Waals surface area (Å²) in [6, 6.07) is 3.71. The van der Waals surface area contributed by atoms with E-state index in [2.05, 4.69) is 29.0 Å². The number of pyridine rings is 1. The topological polar surface area (TPSA) is 65.5 Å². The van der Waals surface area contributed by atoms with E-state index in [1.807, 2.05) is 6.07 Å². The highest BCUT2D eigenvalue weighted by atomic mass is 16.3. The molecule has 1 saturated heterocycles. The number of nitrogens with zero attached hydrogens (tertiary/aromatic N) is 2. The van der Waals surface area contributed by atoms with E-state index < -0.39 is 6.10 Å². The van der Waals surface area contributed by atoms with Gasteiger partial charge in [-0.1, -0.05) is 26.7 Å². The van der Waals surface area contributed by atoms with Crippen molar-refractivity contribution in [2.24, 2.45) is 5.92 Å². The van der Waals surface area contributed by atoms with Crippen LogP contribution in [0.2, 0.25) is 0 Å². The number of rotatable bonds is 7. The first kappa shape index (κ1) is 16.7. The Morgan fingerprint density at radius 1 is 1.32 bits per heavy atom. The van der Waals surface area contributed by atoms with Gasteiger partial charge in [-0.05, 0) is 30.9 Å². The number of aliphatic hydroxyl groups excluding tert-OH is 1. The number of nitrogens with one attached hydrogen (secondary N) is 1. The minimum Gasteiger partial charge on any atom is -0.391 e. The fraction of sp³-hybridized carbons (Fsp3) is 0.647. The van der Waals surface area contributed by atoms with Crippen LogP contribution in [-0.4, -0.2) is 41.7 Å². The largest absolute Gasteiger partial charge is 0.391 e. The lowest BCUT2D eigenvalue weighted by atomic mass is 9.96. The summed E-state index contributed by atoms with van der Waals surface area (Å²) in [5.41, 5.74) is 0.541. The molecule has 1 atom stereocenters. The second kappa shape index (κ2) is 8.13. The normalized spacial score (nSPS) is 16.1. The van der Waals surface area contributed by atoms with Gasteiger partial charge in [-0.3, -0.25) is 4.79 Å². The molecular weight excluding hydrogens is 278 g/mol. The third kappa shape index (κ3) is 4.19. The number of hydrogen-bond donors (Lipinski definition) is 2. The molecule has 1 unspecified atom stereocenters. The predicted octanol–water partition coefficient (Wildman–Crippen LogP) is 2.21. The smallest absolute Gasteiger partial charge is 0.252 e. The summed E-state index contributed by atoms with van der Waals surface area (Å²) in [6.07, 6.45) is 5.37. The van der Waals surface area contributed by atoms with Crippen molar-refractivity contribution in [3.05, 3.63) is 23.9 Å². The van der Waals surface area contributed by atoms with Gasteiger partial charge in [0.25, 0.3) is 5.91 Å². The Labute approximate surface area is 132 Å². The van der Waals surface area contributed by atoms with Crippen molar-refractivity contribution in [3.8, 4) is 0 Å². The van der Waals surface area contributed by atoms with Gasteiger partial charge >= 0.3 is 0 Å². The lowest BCUT2D eigenvalue weighted by Gasteiger charge is -2.20. The molecule has 122 valence electrons. The van der Waals surface area contributed by atoms with Gasteiger partial charge in [0.2, 0.25) is 0 Å². The third-order valence-corrected chi connectivity index (χ3v) is 4.50. The van der Waals surface area contributed by atoms with Crippen LogP contribution < -0.4 is 10.2 Å². The zero-order valence-electron chi connectivity index (χ0n) is 13.6. The maximum absolute atomic E-state index is 12.1. The standard InChI is InChI=1S/C17H27N3O2/c1-3-13(4-2)15(21)12-19-17(22)14-7-8-16(18-11-14)20-9-5-6-10-20/h7-8,11,13,15,21H,3-6,9-10,12H2,1-2H3,(H,19,22). The van der Waals surface area contributed by atoms with Crippen molar-refractivity contribution < 1.29 is 9.90 Å². The summed E-state index contributed by atoms with van der Waals surface area (Å²) >= 11 is 0. The van der Waals surface area contributed by atoms with Gasteiger partial charge in [-0.25, -0.2) is 4.98 Å². The molecule has 1 aromatic heterocycles. The number of amides is 1. The molecule has 0 bridgehead atoms. The van der Waals surface area contributed by atoms with Gasteiger partial charge in [0.15, 0.2) is 0 Å². The molecule has 1 aromatic rings. The number of aliphatic hydroxyl groups is 1. The van der Waals surface area contributed by atoms with Crippen molar-refractivity contribution in [2.75, 3.05) is 24.5 Å². The van der Waals surface area contributed by atoms with Gasteiger partial charge < -0.3 is 15.3 Å². The molecule has 0 saturated carbocycles. The molecule has 5 heteroatoms. The highest BCUT2D eigenvalue weighted by Gasteiger charge is 2.17. The van der Waals surface area contributed by atoms with Crippen molar-refractivity contribution in [2.45, 2.75) is 45.6 Å². The molecule has 2 rings (SSSR count). The van der Waals surface area contributed by atoms with Crippen LogP contribution in [0.1, 0.15) is 49.9 Å². The Balaban J connectivity index is 1.87. The minimum atomic E-state index is -0.490. The van der Waals surface area contributed by atoms with Crippen molar-refractivity contribution in [1.29, 1.82) is 0 Å². The van der Waals surface area contributed by atoms with Crippen LogP contribution >= 0.6 is 0 Å². The first-order valence-corrected chi connectivity index (χ1v) is 8.33. The minimum absolute atomic E-state index is 0.175. The van der Waals surface area contributed by atoms with Crippen LogP contribution in [0.25, 0.3) is 0 Å². The van der Waals surface area contributed by atoms with Crippen LogP contribution in [0.4, 0.5) is 5.82 Å². The molecule has 22 heavy (non-hydrogen) atoms. The van der Waals surface area contributed by atoms with E-state index in [0.717, 1.165) is 31.7 Å².